The van der Waals surface area contributed by atoms with Crippen LogP contribution in [0.25, 0.3) is 11.0 Å². The standard InChI is InChI=1S/C14H15NO3/c1-2-3-4-13(16)15-11-6-7-12-10(9-11)5-8-14(17)18-12/h5-9H,2-4H2,1H3,(H,15,16). The molecule has 4 nitrogen and oxygen atoms in total. The van der Waals surface area contributed by atoms with Gasteiger partial charge in [0.2, 0.25) is 5.91 Å². The first-order valence-electron chi connectivity index (χ1n) is 6.03. The van der Waals surface area contributed by atoms with Crippen molar-refractivity contribution in [1.29, 1.82) is 0 Å². The summed E-state index contributed by atoms with van der Waals surface area (Å²) >= 11 is 0. The van der Waals surface area contributed by atoms with Crippen LogP contribution in [0.15, 0.2) is 39.5 Å². The Labute approximate surface area is 105 Å². The molecule has 2 rings (SSSR count). The van der Waals surface area contributed by atoms with E-state index in [2.05, 4.69) is 5.32 Å². The third-order valence-electron chi connectivity index (χ3n) is 2.66. The molecular formula is C14H15NO3. The molecule has 0 aliphatic carbocycles. The average molecular weight is 245 g/mol. The first-order valence-corrected chi connectivity index (χ1v) is 6.03. The molecule has 18 heavy (non-hydrogen) atoms. The van der Waals surface area contributed by atoms with Gasteiger partial charge < -0.3 is 9.73 Å². The summed E-state index contributed by atoms with van der Waals surface area (Å²) < 4.78 is 5.02. The molecule has 1 aromatic heterocycles. The quantitative estimate of drug-likeness (QED) is 0.842. The zero-order valence-electron chi connectivity index (χ0n) is 10.2. The molecule has 0 atom stereocenters. The smallest absolute Gasteiger partial charge is 0.336 e. The van der Waals surface area contributed by atoms with Gasteiger partial charge in [-0.3, -0.25) is 4.79 Å². The van der Waals surface area contributed by atoms with Crippen molar-refractivity contribution < 1.29 is 9.21 Å². The van der Waals surface area contributed by atoms with Crippen LogP contribution in [0.5, 0.6) is 0 Å². The highest BCUT2D eigenvalue weighted by atomic mass is 16.4. The molecule has 0 bridgehead atoms. The van der Waals surface area contributed by atoms with Crippen molar-refractivity contribution in [1.82, 2.24) is 0 Å². The number of rotatable bonds is 4. The predicted octanol–water partition coefficient (Wildman–Crippen LogP) is 2.92. The number of amides is 1. The van der Waals surface area contributed by atoms with Crippen molar-refractivity contribution >= 4 is 22.6 Å². The molecule has 94 valence electrons. The van der Waals surface area contributed by atoms with Gasteiger partial charge in [0.25, 0.3) is 0 Å². The van der Waals surface area contributed by atoms with Crippen LogP contribution < -0.4 is 10.9 Å². The highest BCUT2D eigenvalue weighted by Gasteiger charge is 2.03. The molecule has 1 N–H and O–H groups in total. The Kier molecular flexibility index (Phi) is 3.77. The van der Waals surface area contributed by atoms with Gasteiger partial charge in [0.1, 0.15) is 5.58 Å². The lowest BCUT2D eigenvalue weighted by Crippen LogP contribution is -2.10. The molecular weight excluding hydrogens is 230 g/mol. The van der Waals surface area contributed by atoms with Crippen LogP contribution in [-0.2, 0) is 4.79 Å². The van der Waals surface area contributed by atoms with E-state index in [-0.39, 0.29) is 11.5 Å². The number of unbranched alkanes of at least 4 members (excludes halogenated alkanes) is 1. The van der Waals surface area contributed by atoms with Gasteiger partial charge in [0.15, 0.2) is 0 Å². The highest BCUT2D eigenvalue weighted by molar-refractivity contribution is 5.93. The summed E-state index contributed by atoms with van der Waals surface area (Å²) in [6.07, 6.45) is 2.41. The van der Waals surface area contributed by atoms with Crippen molar-refractivity contribution in [3.8, 4) is 0 Å². The minimum absolute atomic E-state index is 0.00795. The van der Waals surface area contributed by atoms with Crippen molar-refractivity contribution in [2.24, 2.45) is 0 Å². The van der Waals surface area contributed by atoms with Crippen molar-refractivity contribution in [2.45, 2.75) is 26.2 Å². The van der Waals surface area contributed by atoms with Crippen LogP contribution in [0.2, 0.25) is 0 Å². The summed E-state index contributed by atoms with van der Waals surface area (Å²) in [7, 11) is 0. The number of carbonyl (C=O) groups is 1. The fraction of sp³-hybridized carbons (Fsp3) is 0.286. The van der Waals surface area contributed by atoms with E-state index in [1.807, 2.05) is 6.92 Å². The molecule has 1 heterocycles. The molecule has 0 saturated carbocycles. The molecule has 0 spiro atoms. The van der Waals surface area contributed by atoms with Gasteiger partial charge in [-0.15, -0.1) is 0 Å². The molecule has 0 aliphatic rings. The van der Waals surface area contributed by atoms with Crippen molar-refractivity contribution in [3.05, 3.63) is 40.8 Å². The van der Waals surface area contributed by atoms with E-state index in [0.29, 0.717) is 12.0 Å². The Bertz CT molecular complexity index is 616. The number of nitrogens with one attached hydrogen (secondary N) is 1. The van der Waals surface area contributed by atoms with Gasteiger partial charge in [0.05, 0.1) is 0 Å². The van der Waals surface area contributed by atoms with Gasteiger partial charge >= 0.3 is 5.63 Å². The normalized spacial score (nSPS) is 10.5. The summed E-state index contributed by atoms with van der Waals surface area (Å²) in [6, 6.07) is 8.26. The zero-order chi connectivity index (χ0) is 13.0. The Morgan fingerprint density at radius 2 is 2.11 bits per heavy atom. The average Bonchev–Trinajstić information content (AvgIpc) is 2.36. The summed E-state index contributed by atoms with van der Waals surface area (Å²) in [5.74, 6) is 0.00795. The van der Waals surface area contributed by atoms with Crippen LogP contribution >= 0.6 is 0 Å². The largest absolute Gasteiger partial charge is 0.423 e. The second-order valence-electron chi connectivity index (χ2n) is 4.16. The maximum absolute atomic E-state index is 11.6. The van der Waals surface area contributed by atoms with E-state index in [4.69, 9.17) is 4.42 Å². The lowest BCUT2D eigenvalue weighted by Gasteiger charge is -2.05. The third kappa shape index (κ3) is 2.97. The van der Waals surface area contributed by atoms with E-state index in [1.165, 1.54) is 6.07 Å². The Balaban J connectivity index is 2.17. The van der Waals surface area contributed by atoms with Gasteiger partial charge in [-0.2, -0.15) is 0 Å². The van der Waals surface area contributed by atoms with Crippen LogP contribution in [-0.4, -0.2) is 5.91 Å². The number of hydrogen-bond donors (Lipinski definition) is 1. The molecule has 0 unspecified atom stereocenters. The minimum atomic E-state index is -0.373. The molecule has 0 radical (unpaired) electrons. The Hall–Kier alpha value is -2.10. The van der Waals surface area contributed by atoms with Gasteiger partial charge in [-0.25, -0.2) is 4.79 Å². The van der Waals surface area contributed by atoms with Gasteiger partial charge in [-0.05, 0) is 30.7 Å². The number of benzene rings is 1. The second-order valence-corrected chi connectivity index (χ2v) is 4.16. The first kappa shape index (κ1) is 12.4. The topological polar surface area (TPSA) is 59.3 Å². The molecule has 1 amide bonds. The molecule has 0 saturated heterocycles. The second kappa shape index (κ2) is 5.49. The predicted molar refractivity (Wildman–Crippen MR) is 70.6 cm³/mol. The fourth-order valence-corrected chi connectivity index (χ4v) is 1.71. The van der Waals surface area contributed by atoms with Crippen LogP contribution in [0.1, 0.15) is 26.2 Å². The lowest BCUT2D eigenvalue weighted by atomic mass is 10.2. The number of fused-ring (bicyclic) bond motifs is 1. The van der Waals surface area contributed by atoms with Crippen molar-refractivity contribution in [2.75, 3.05) is 5.32 Å². The van der Waals surface area contributed by atoms with E-state index in [0.717, 1.165) is 23.9 Å². The monoisotopic (exact) mass is 245 g/mol. The third-order valence-corrected chi connectivity index (χ3v) is 2.66. The van der Waals surface area contributed by atoms with E-state index in [1.54, 1.807) is 24.3 Å². The number of hydrogen-bond acceptors (Lipinski definition) is 3. The zero-order valence-corrected chi connectivity index (χ0v) is 10.2. The number of anilines is 1. The molecule has 4 heteroatoms. The lowest BCUT2D eigenvalue weighted by molar-refractivity contribution is -0.116. The van der Waals surface area contributed by atoms with E-state index in [9.17, 15) is 9.59 Å². The minimum Gasteiger partial charge on any atom is -0.423 e. The Morgan fingerprint density at radius 3 is 2.89 bits per heavy atom. The number of carbonyl (C=O) groups excluding carboxylic acids is 1. The van der Waals surface area contributed by atoms with E-state index < -0.39 is 0 Å². The van der Waals surface area contributed by atoms with Crippen LogP contribution in [0, 0.1) is 0 Å². The van der Waals surface area contributed by atoms with Crippen LogP contribution in [0.4, 0.5) is 5.69 Å². The highest BCUT2D eigenvalue weighted by Crippen LogP contribution is 2.17. The SMILES string of the molecule is CCCCC(=O)Nc1ccc2oc(=O)ccc2c1. The first-order chi connectivity index (χ1) is 8.69. The van der Waals surface area contributed by atoms with Gasteiger partial charge in [0, 0.05) is 23.6 Å². The fourth-order valence-electron chi connectivity index (χ4n) is 1.71. The molecule has 0 aliphatic heterocycles. The molecule has 2 aromatic rings. The van der Waals surface area contributed by atoms with E-state index >= 15 is 0 Å². The summed E-state index contributed by atoms with van der Waals surface area (Å²) in [6.45, 7) is 2.05. The summed E-state index contributed by atoms with van der Waals surface area (Å²) in [5.41, 5.74) is 0.869. The summed E-state index contributed by atoms with van der Waals surface area (Å²) in [5, 5.41) is 3.62. The van der Waals surface area contributed by atoms with Crippen LogP contribution in [0.3, 0.4) is 0 Å². The van der Waals surface area contributed by atoms with Gasteiger partial charge in [-0.1, -0.05) is 13.3 Å². The molecule has 0 fully saturated rings. The maximum atomic E-state index is 11.6. The maximum Gasteiger partial charge on any atom is 0.336 e. The molecule has 1 aromatic carbocycles. The van der Waals surface area contributed by atoms with Crippen molar-refractivity contribution in [3.63, 3.8) is 0 Å². The Morgan fingerprint density at radius 1 is 1.28 bits per heavy atom. The summed E-state index contributed by atoms with van der Waals surface area (Å²) in [4.78, 5) is 22.6.